The topological polar surface area (TPSA) is 26.3 Å². The van der Waals surface area contributed by atoms with Crippen LogP contribution in [0.3, 0.4) is 0 Å². The monoisotopic (exact) mass is 183 g/mol. The smallest absolute Gasteiger partial charge is 0.305 e. The molecule has 0 aromatic carbocycles. The van der Waals surface area contributed by atoms with E-state index in [1.807, 2.05) is 6.92 Å². The Balaban J connectivity index is 2.06. The molecule has 75 valence electrons. The van der Waals surface area contributed by atoms with Gasteiger partial charge in [-0.05, 0) is 32.1 Å². The van der Waals surface area contributed by atoms with Crippen molar-refractivity contribution in [2.45, 2.75) is 51.9 Å². The summed E-state index contributed by atoms with van der Waals surface area (Å²) >= 11 is 0. The molecule has 0 amide bonds. The minimum Gasteiger partial charge on any atom is -0.466 e. The van der Waals surface area contributed by atoms with Crippen LogP contribution in [0.2, 0.25) is 0 Å². The lowest BCUT2D eigenvalue weighted by Gasteiger charge is -2.20. The molecule has 0 unspecified atom stereocenters. The molecule has 1 radical (unpaired) electrons. The van der Waals surface area contributed by atoms with Crippen LogP contribution in [0.15, 0.2) is 0 Å². The van der Waals surface area contributed by atoms with Crippen molar-refractivity contribution in [2.75, 3.05) is 6.61 Å². The molecule has 1 aliphatic rings. The molecule has 1 rings (SSSR count). The third-order valence-electron chi connectivity index (χ3n) is 2.55. The van der Waals surface area contributed by atoms with E-state index in [2.05, 4.69) is 0 Å². The molecule has 0 saturated heterocycles. The van der Waals surface area contributed by atoms with Crippen LogP contribution in [-0.2, 0) is 9.53 Å². The average molecular weight is 183 g/mol. The predicted octanol–water partition coefficient (Wildman–Crippen LogP) is 2.87. The lowest BCUT2D eigenvalue weighted by atomic mass is 9.86. The number of rotatable bonds is 4. The van der Waals surface area contributed by atoms with Crippen LogP contribution in [0.1, 0.15) is 51.9 Å². The second kappa shape index (κ2) is 6.01. The van der Waals surface area contributed by atoms with E-state index in [0.29, 0.717) is 13.0 Å². The summed E-state index contributed by atoms with van der Waals surface area (Å²) in [6, 6.07) is 0. The Morgan fingerprint density at radius 3 is 2.62 bits per heavy atom. The maximum atomic E-state index is 11.1. The molecule has 0 N–H and O–H groups in total. The second-order valence-electron chi connectivity index (χ2n) is 3.62. The van der Waals surface area contributed by atoms with Gasteiger partial charge in [-0.2, -0.15) is 0 Å². The SMILES string of the molecule is CCOC(=O)CC[C]1CCCCC1. The number of hydrogen-bond acceptors (Lipinski definition) is 2. The summed E-state index contributed by atoms with van der Waals surface area (Å²) in [5, 5.41) is 0. The Morgan fingerprint density at radius 1 is 1.31 bits per heavy atom. The fourth-order valence-corrected chi connectivity index (χ4v) is 1.81. The summed E-state index contributed by atoms with van der Waals surface area (Å²) < 4.78 is 4.88. The number of ether oxygens (including phenoxy) is 1. The van der Waals surface area contributed by atoms with Crippen LogP contribution >= 0.6 is 0 Å². The van der Waals surface area contributed by atoms with Crippen molar-refractivity contribution < 1.29 is 9.53 Å². The van der Waals surface area contributed by atoms with Crippen LogP contribution < -0.4 is 0 Å². The van der Waals surface area contributed by atoms with Gasteiger partial charge in [0.05, 0.1) is 6.61 Å². The van der Waals surface area contributed by atoms with Crippen LogP contribution in [-0.4, -0.2) is 12.6 Å². The Labute approximate surface area is 80.7 Å². The van der Waals surface area contributed by atoms with Crippen molar-refractivity contribution in [1.29, 1.82) is 0 Å². The van der Waals surface area contributed by atoms with Crippen LogP contribution in [0.4, 0.5) is 0 Å². The van der Waals surface area contributed by atoms with Crippen molar-refractivity contribution in [2.24, 2.45) is 0 Å². The van der Waals surface area contributed by atoms with Crippen LogP contribution in [0.5, 0.6) is 0 Å². The molecule has 0 bridgehead atoms. The van der Waals surface area contributed by atoms with Gasteiger partial charge in [-0.15, -0.1) is 0 Å². The summed E-state index contributed by atoms with van der Waals surface area (Å²) in [5.41, 5.74) is 0. The first-order valence-electron chi connectivity index (χ1n) is 5.32. The highest BCUT2D eigenvalue weighted by Crippen LogP contribution is 2.29. The Hall–Kier alpha value is -0.530. The van der Waals surface area contributed by atoms with E-state index in [-0.39, 0.29) is 5.97 Å². The van der Waals surface area contributed by atoms with Crippen LogP contribution in [0, 0.1) is 5.92 Å². The van der Waals surface area contributed by atoms with Gasteiger partial charge in [-0.1, -0.05) is 19.3 Å². The lowest BCUT2D eigenvalue weighted by molar-refractivity contribution is -0.143. The lowest BCUT2D eigenvalue weighted by Crippen LogP contribution is -2.09. The Bertz CT molecular complexity index is 148. The van der Waals surface area contributed by atoms with Crippen molar-refractivity contribution in [3.63, 3.8) is 0 Å². The van der Waals surface area contributed by atoms with Crippen molar-refractivity contribution in [3.8, 4) is 0 Å². The molecule has 13 heavy (non-hydrogen) atoms. The largest absolute Gasteiger partial charge is 0.466 e. The average Bonchev–Trinajstić information content (AvgIpc) is 2.17. The minimum absolute atomic E-state index is 0.0411. The zero-order valence-electron chi connectivity index (χ0n) is 8.47. The molecule has 0 spiro atoms. The molecule has 2 nitrogen and oxygen atoms in total. The molecule has 1 saturated carbocycles. The van der Waals surface area contributed by atoms with Gasteiger partial charge in [0.2, 0.25) is 0 Å². The van der Waals surface area contributed by atoms with Crippen LogP contribution in [0.25, 0.3) is 0 Å². The molecule has 1 fully saturated rings. The molecule has 0 aliphatic heterocycles. The molecular formula is C11H19O2. The van der Waals surface area contributed by atoms with Gasteiger partial charge in [0.25, 0.3) is 0 Å². The summed E-state index contributed by atoms with van der Waals surface area (Å²) in [7, 11) is 0. The van der Waals surface area contributed by atoms with Gasteiger partial charge in [-0.25, -0.2) is 0 Å². The van der Waals surface area contributed by atoms with E-state index >= 15 is 0 Å². The Morgan fingerprint density at radius 2 is 2.00 bits per heavy atom. The third kappa shape index (κ3) is 4.30. The van der Waals surface area contributed by atoms with E-state index in [1.54, 1.807) is 5.92 Å². The highest BCUT2D eigenvalue weighted by Gasteiger charge is 2.15. The summed E-state index contributed by atoms with van der Waals surface area (Å²) in [6.45, 7) is 2.36. The van der Waals surface area contributed by atoms with Crippen molar-refractivity contribution in [3.05, 3.63) is 5.92 Å². The molecule has 0 atom stereocenters. The number of carbonyl (C=O) groups is 1. The fourth-order valence-electron chi connectivity index (χ4n) is 1.81. The first-order chi connectivity index (χ1) is 6.33. The fraction of sp³-hybridized carbons (Fsp3) is 0.818. The normalized spacial score (nSPS) is 18.5. The van der Waals surface area contributed by atoms with E-state index in [0.717, 1.165) is 6.42 Å². The molecule has 0 heterocycles. The highest BCUT2D eigenvalue weighted by atomic mass is 16.5. The van der Waals surface area contributed by atoms with Gasteiger partial charge in [0.15, 0.2) is 0 Å². The second-order valence-corrected chi connectivity index (χ2v) is 3.62. The van der Waals surface area contributed by atoms with Gasteiger partial charge in [-0.3, -0.25) is 4.79 Å². The van der Waals surface area contributed by atoms with Gasteiger partial charge in [0.1, 0.15) is 0 Å². The summed E-state index contributed by atoms with van der Waals surface area (Å²) in [6.07, 6.45) is 8.01. The number of hydrogen-bond donors (Lipinski definition) is 0. The summed E-state index contributed by atoms with van der Waals surface area (Å²) in [5.74, 6) is 1.53. The maximum Gasteiger partial charge on any atom is 0.305 e. The standard InChI is InChI=1S/C11H19O2/c1-2-13-11(12)9-8-10-6-4-3-5-7-10/h2-9H2,1H3. The molecule has 1 aliphatic carbocycles. The zero-order valence-corrected chi connectivity index (χ0v) is 8.47. The minimum atomic E-state index is -0.0411. The van der Waals surface area contributed by atoms with Gasteiger partial charge >= 0.3 is 5.97 Å². The van der Waals surface area contributed by atoms with Crippen molar-refractivity contribution in [1.82, 2.24) is 0 Å². The Kier molecular flexibility index (Phi) is 4.87. The number of esters is 1. The summed E-state index contributed by atoms with van der Waals surface area (Å²) in [4.78, 5) is 11.1. The zero-order chi connectivity index (χ0) is 9.52. The molecule has 2 heteroatoms. The van der Waals surface area contributed by atoms with E-state index < -0.39 is 0 Å². The molecule has 0 aromatic rings. The van der Waals surface area contributed by atoms with Crippen molar-refractivity contribution >= 4 is 5.97 Å². The maximum absolute atomic E-state index is 11.1. The van der Waals surface area contributed by atoms with E-state index in [9.17, 15) is 4.79 Å². The molecule has 0 aromatic heterocycles. The highest BCUT2D eigenvalue weighted by molar-refractivity contribution is 5.69. The van der Waals surface area contributed by atoms with Gasteiger partial charge in [0, 0.05) is 6.42 Å². The predicted molar refractivity (Wildman–Crippen MR) is 52.2 cm³/mol. The third-order valence-corrected chi connectivity index (χ3v) is 2.55. The molecular weight excluding hydrogens is 164 g/mol. The van der Waals surface area contributed by atoms with E-state index in [1.165, 1.54) is 32.1 Å². The first-order valence-corrected chi connectivity index (χ1v) is 5.32. The quantitative estimate of drug-likeness (QED) is 0.626. The van der Waals surface area contributed by atoms with Gasteiger partial charge < -0.3 is 4.74 Å². The van der Waals surface area contributed by atoms with E-state index in [4.69, 9.17) is 4.74 Å². The first kappa shape index (κ1) is 10.6. The number of carbonyl (C=O) groups excluding carboxylic acids is 1.